The van der Waals surface area contributed by atoms with Gasteiger partial charge in [0.25, 0.3) is 0 Å². The Morgan fingerprint density at radius 1 is 1.50 bits per heavy atom. The molecule has 0 fully saturated rings. The fourth-order valence-electron chi connectivity index (χ4n) is 0.196. The minimum absolute atomic E-state index is 0. The first-order valence-corrected chi connectivity index (χ1v) is 3.81. The molecule has 0 bridgehead atoms. The molecule has 1 aliphatic rings. The summed E-state index contributed by atoms with van der Waals surface area (Å²) in [5.74, 6) is 1.20. The quantitative estimate of drug-likeness (QED) is 0.470. The van der Waals surface area contributed by atoms with Gasteiger partial charge in [-0.2, -0.15) is 13.5 Å². The van der Waals surface area contributed by atoms with Crippen molar-refractivity contribution < 1.29 is 0 Å². The van der Waals surface area contributed by atoms with Crippen molar-refractivity contribution in [2.24, 2.45) is 0 Å². The Morgan fingerprint density at radius 3 is 2.50 bits per heavy atom. The maximum absolute atomic E-state index is 2.16. The van der Waals surface area contributed by atoms with Crippen molar-refractivity contribution in [3.63, 3.8) is 0 Å². The Labute approximate surface area is 52.6 Å². The summed E-state index contributed by atoms with van der Waals surface area (Å²) in [4.78, 5) is 0. The van der Waals surface area contributed by atoms with Crippen molar-refractivity contribution in [3.05, 3.63) is 11.5 Å². The summed E-state index contributed by atoms with van der Waals surface area (Å²) >= 11 is 0. The van der Waals surface area contributed by atoms with E-state index in [-0.39, 0.29) is 13.5 Å². The van der Waals surface area contributed by atoms with Crippen molar-refractivity contribution in [1.29, 1.82) is 0 Å². The van der Waals surface area contributed by atoms with Gasteiger partial charge in [0.1, 0.15) is 0 Å². The van der Waals surface area contributed by atoms with E-state index >= 15 is 0 Å². The van der Waals surface area contributed by atoms with E-state index in [1.165, 1.54) is 5.75 Å². The molecule has 1 aliphatic heterocycles. The van der Waals surface area contributed by atoms with Crippen molar-refractivity contribution in [3.8, 4) is 0 Å². The molecule has 36 valence electrons. The van der Waals surface area contributed by atoms with Crippen LogP contribution in [-0.4, -0.2) is 5.75 Å². The zero-order chi connectivity index (χ0) is 3.54. The maximum atomic E-state index is 2.16. The molecule has 0 saturated heterocycles. The lowest BCUT2D eigenvalue weighted by Crippen LogP contribution is -1.46. The average molecular weight is 138 g/mol. The van der Waals surface area contributed by atoms with Gasteiger partial charge in [-0.25, -0.2) is 0 Å². The molecular formula is C3H6S3. The third-order valence-electron chi connectivity index (χ3n) is 0.384. The van der Waals surface area contributed by atoms with E-state index in [1.54, 1.807) is 0 Å². The normalized spacial score (nSPS) is 17.3. The van der Waals surface area contributed by atoms with Crippen LogP contribution in [0.5, 0.6) is 0 Å². The highest BCUT2D eigenvalue weighted by Crippen LogP contribution is 2.27. The SMILES string of the molecule is C1=CSSC1.S. The zero-order valence-electron chi connectivity index (χ0n) is 3.18. The van der Waals surface area contributed by atoms with E-state index in [9.17, 15) is 0 Å². The fourth-order valence-corrected chi connectivity index (χ4v) is 1.77. The molecule has 3 heteroatoms. The van der Waals surface area contributed by atoms with Crippen LogP contribution in [0, 0.1) is 0 Å². The second-order valence-electron chi connectivity index (χ2n) is 0.753. The van der Waals surface area contributed by atoms with E-state index < -0.39 is 0 Å². The third kappa shape index (κ3) is 2.05. The van der Waals surface area contributed by atoms with Crippen LogP contribution in [-0.2, 0) is 0 Å². The summed E-state index contributed by atoms with van der Waals surface area (Å²) in [5.41, 5.74) is 0. The molecule has 0 aromatic carbocycles. The first kappa shape index (κ1) is 6.79. The molecule has 0 N–H and O–H groups in total. The van der Waals surface area contributed by atoms with E-state index in [4.69, 9.17) is 0 Å². The van der Waals surface area contributed by atoms with Crippen LogP contribution in [0.3, 0.4) is 0 Å². The van der Waals surface area contributed by atoms with Crippen molar-refractivity contribution in [1.82, 2.24) is 0 Å². The van der Waals surface area contributed by atoms with Gasteiger partial charge < -0.3 is 0 Å². The van der Waals surface area contributed by atoms with Gasteiger partial charge in [0.2, 0.25) is 0 Å². The van der Waals surface area contributed by atoms with Crippen LogP contribution < -0.4 is 0 Å². The van der Waals surface area contributed by atoms with Crippen LogP contribution in [0.25, 0.3) is 0 Å². The molecule has 0 aliphatic carbocycles. The van der Waals surface area contributed by atoms with E-state index in [1.807, 2.05) is 21.6 Å². The number of hydrogen-bond acceptors (Lipinski definition) is 2. The molecule has 1 rings (SSSR count). The third-order valence-corrected chi connectivity index (χ3v) is 2.30. The lowest BCUT2D eigenvalue weighted by Gasteiger charge is -1.69. The molecule has 6 heavy (non-hydrogen) atoms. The maximum Gasteiger partial charge on any atom is 0.0229 e. The molecule has 0 aromatic heterocycles. The lowest BCUT2D eigenvalue weighted by molar-refractivity contribution is 1.85. The van der Waals surface area contributed by atoms with Crippen molar-refractivity contribution in [2.45, 2.75) is 0 Å². The molecule has 0 unspecified atom stereocenters. The molecule has 0 nitrogen and oxygen atoms in total. The Bertz CT molecular complexity index is 44.0. The Morgan fingerprint density at radius 2 is 2.33 bits per heavy atom. The Kier molecular flexibility index (Phi) is 4.48. The highest BCUT2D eigenvalue weighted by Gasteiger charge is 1.85. The summed E-state index contributed by atoms with van der Waals surface area (Å²) in [7, 11) is 3.69. The van der Waals surface area contributed by atoms with Crippen LogP contribution in [0.15, 0.2) is 11.5 Å². The van der Waals surface area contributed by atoms with Crippen molar-refractivity contribution in [2.75, 3.05) is 5.75 Å². The number of hydrogen-bond donors (Lipinski definition) is 0. The van der Waals surface area contributed by atoms with E-state index in [0.29, 0.717) is 0 Å². The molecule has 0 spiro atoms. The Balaban J connectivity index is 0.000000250. The molecule has 0 atom stereocenters. The summed E-state index contributed by atoms with van der Waals surface area (Å²) < 4.78 is 0. The first-order valence-electron chi connectivity index (χ1n) is 1.43. The highest BCUT2D eigenvalue weighted by atomic mass is 33.1. The topological polar surface area (TPSA) is 0 Å². The minimum Gasteiger partial charge on any atom is -0.197 e. The second kappa shape index (κ2) is 3.96. The molecule has 0 radical (unpaired) electrons. The molecule has 0 saturated carbocycles. The molecular weight excluding hydrogens is 132 g/mol. The van der Waals surface area contributed by atoms with Gasteiger partial charge in [-0.15, -0.1) is 0 Å². The second-order valence-corrected chi connectivity index (χ2v) is 3.07. The van der Waals surface area contributed by atoms with Crippen LogP contribution in [0.2, 0.25) is 0 Å². The lowest BCUT2D eigenvalue weighted by atomic mass is 10.8. The first-order chi connectivity index (χ1) is 2.50. The predicted molar refractivity (Wildman–Crippen MR) is 39.6 cm³/mol. The summed E-state index contributed by atoms with van der Waals surface area (Å²) in [5, 5.41) is 2.12. The van der Waals surface area contributed by atoms with Gasteiger partial charge in [-0.3, -0.25) is 0 Å². The van der Waals surface area contributed by atoms with Gasteiger partial charge in [0.15, 0.2) is 0 Å². The van der Waals surface area contributed by atoms with Crippen LogP contribution in [0.1, 0.15) is 0 Å². The van der Waals surface area contributed by atoms with E-state index in [0.717, 1.165) is 0 Å². The number of rotatable bonds is 0. The largest absolute Gasteiger partial charge is 0.197 e. The van der Waals surface area contributed by atoms with E-state index in [2.05, 4.69) is 11.5 Å². The highest BCUT2D eigenvalue weighted by molar-refractivity contribution is 8.78. The summed E-state index contributed by atoms with van der Waals surface area (Å²) in [6, 6.07) is 0. The van der Waals surface area contributed by atoms with Gasteiger partial charge in [0.05, 0.1) is 0 Å². The van der Waals surface area contributed by atoms with Gasteiger partial charge in [-0.1, -0.05) is 27.7 Å². The van der Waals surface area contributed by atoms with Gasteiger partial charge >= 0.3 is 0 Å². The smallest absolute Gasteiger partial charge is 0.0229 e. The fraction of sp³-hybridized carbons (Fsp3) is 0.333. The van der Waals surface area contributed by atoms with Crippen LogP contribution in [0.4, 0.5) is 0 Å². The standard InChI is InChI=1S/C3H4S2.H2S/c1-2-4-5-3-1;/h1-2H,3H2;1H2. The van der Waals surface area contributed by atoms with Crippen molar-refractivity contribution >= 4 is 35.1 Å². The average Bonchev–Trinajstić information content (AvgIpc) is 1.76. The zero-order valence-corrected chi connectivity index (χ0v) is 5.81. The Hall–Kier alpha value is 0.790. The molecule has 0 amide bonds. The summed E-state index contributed by atoms with van der Waals surface area (Å²) in [6.07, 6.45) is 2.16. The van der Waals surface area contributed by atoms with Gasteiger partial charge in [0, 0.05) is 5.75 Å². The minimum atomic E-state index is 0. The summed E-state index contributed by atoms with van der Waals surface area (Å²) in [6.45, 7) is 0. The van der Waals surface area contributed by atoms with Crippen LogP contribution >= 0.6 is 35.1 Å². The molecule has 0 aromatic rings. The predicted octanol–water partition coefficient (Wildman–Crippen LogP) is 2.01. The monoisotopic (exact) mass is 138 g/mol. The molecule has 1 heterocycles. The van der Waals surface area contributed by atoms with Gasteiger partial charge in [-0.05, 0) is 5.41 Å².